The molecule has 5 heteroatoms. The zero-order chi connectivity index (χ0) is 13.1. The Hall–Kier alpha value is -2.30. The van der Waals surface area contributed by atoms with Crippen molar-refractivity contribution in [1.82, 2.24) is 0 Å². The highest BCUT2D eigenvalue weighted by molar-refractivity contribution is 6.22. The standard InChI is InChI=1S/C13H12O5/c1-16-10-6-4-3-5-8(10)9-7-18-13(15)11(9)12(14)17-2/h3-6H,7H2,1-2H3. The molecule has 1 aromatic rings. The summed E-state index contributed by atoms with van der Waals surface area (Å²) < 4.78 is 14.7. The minimum atomic E-state index is -0.696. The minimum Gasteiger partial charge on any atom is -0.496 e. The number of cyclic esters (lactones) is 1. The van der Waals surface area contributed by atoms with Crippen LogP contribution in [-0.2, 0) is 19.1 Å². The third-order valence-corrected chi connectivity index (χ3v) is 2.68. The van der Waals surface area contributed by atoms with Gasteiger partial charge in [0.2, 0.25) is 0 Å². The number of hydrogen-bond acceptors (Lipinski definition) is 5. The normalized spacial score (nSPS) is 14.4. The molecular weight excluding hydrogens is 236 g/mol. The molecule has 0 unspecified atom stereocenters. The van der Waals surface area contributed by atoms with Crippen molar-refractivity contribution in [2.75, 3.05) is 20.8 Å². The van der Waals surface area contributed by atoms with E-state index in [1.165, 1.54) is 14.2 Å². The molecule has 0 spiro atoms. The predicted molar refractivity (Wildman–Crippen MR) is 62.9 cm³/mol. The van der Waals surface area contributed by atoms with Gasteiger partial charge in [-0.2, -0.15) is 0 Å². The SMILES string of the molecule is COC(=O)C1=C(c2ccccc2OC)COC1=O. The molecule has 0 saturated heterocycles. The van der Waals surface area contributed by atoms with Gasteiger partial charge in [-0.25, -0.2) is 9.59 Å². The van der Waals surface area contributed by atoms with E-state index in [0.717, 1.165) is 0 Å². The number of esters is 2. The molecule has 0 atom stereocenters. The van der Waals surface area contributed by atoms with E-state index in [2.05, 4.69) is 4.74 Å². The maximum absolute atomic E-state index is 11.6. The number of para-hydroxylation sites is 1. The van der Waals surface area contributed by atoms with E-state index in [-0.39, 0.29) is 12.2 Å². The zero-order valence-corrected chi connectivity index (χ0v) is 10.1. The van der Waals surface area contributed by atoms with Gasteiger partial charge in [-0.1, -0.05) is 18.2 Å². The Morgan fingerprint density at radius 1 is 1.28 bits per heavy atom. The van der Waals surface area contributed by atoms with E-state index in [9.17, 15) is 9.59 Å². The summed E-state index contributed by atoms with van der Waals surface area (Å²) in [6.07, 6.45) is 0. The van der Waals surface area contributed by atoms with Crippen LogP contribution in [0.3, 0.4) is 0 Å². The van der Waals surface area contributed by atoms with Gasteiger partial charge in [0.25, 0.3) is 0 Å². The molecule has 0 saturated carbocycles. The van der Waals surface area contributed by atoms with Crippen LogP contribution in [0.1, 0.15) is 5.56 Å². The lowest BCUT2D eigenvalue weighted by Gasteiger charge is -2.08. The van der Waals surface area contributed by atoms with E-state index < -0.39 is 11.9 Å². The number of rotatable bonds is 3. The van der Waals surface area contributed by atoms with Gasteiger partial charge in [-0.3, -0.25) is 0 Å². The molecule has 0 N–H and O–H groups in total. The second kappa shape index (κ2) is 4.91. The molecule has 18 heavy (non-hydrogen) atoms. The van der Waals surface area contributed by atoms with E-state index in [1.54, 1.807) is 24.3 Å². The van der Waals surface area contributed by atoms with Crippen molar-refractivity contribution in [2.24, 2.45) is 0 Å². The van der Waals surface area contributed by atoms with Crippen molar-refractivity contribution in [3.63, 3.8) is 0 Å². The Morgan fingerprint density at radius 3 is 2.67 bits per heavy atom. The molecule has 0 aliphatic carbocycles. The van der Waals surface area contributed by atoms with Gasteiger partial charge < -0.3 is 14.2 Å². The predicted octanol–water partition coefficient (Wildman–Crippen LogP) is 1.18. The van der Waals surface area contributed by atoms with Crippen LogP contribution < -0.4 is 4.74 Å². The number of benzene rings is 1. The van der Waals surface area contributed by atoms with E-state index in [4.69, 9.17) is 9.47 Å². The molecule has 94 valence electrons. The third-order valence-electron chi connectivity index (χ3n) is 2.68. The van der Waals surface area contributed by atoms with Crippen molar-refractivity contribution < 1.29 is 23.8 Å². The summed E-state index contributed by atoms with van der Waals surface area (Å²) in [6, 6.07) is 7.11. The highest BCUT2D eigenvalue weighted by atomic mass is 16.6. The second-order valence-corrected chi connectivity index (χ2v) is 3.62. The third kappa shape index (κ3) is 1.95. The number of hydrogen-bond donors (Lipinski definition) is 0. The summed E-state index contributed by atoms with van der Waals surface area (Å²) in [6.45, 7) is 0.0453. The first-order chi connectivity index (χ1) is 8.69. The zero-order valence-electron chi connectivity index (χ0n) is 10.1. The summed E-state index contributed by atoms with van der Waals surface area (Å²) in [7, 11) is 2.75. The highest BCUT2D eigenvalue weighted by Crippen LogP contribution is 2.32. The maximum Gasteiger partial charge on any atom is 0.346 e. The molecule has 0 amide bonds. The number of ether oxygens (including phenoxy) is 3. The molecule has 0 radical (unpaired) electrons. The largest absolute Gasteiger partial charge is 0.496 e. The highest BCUT2D eigenvalue weighted by Gasteiger charge is 2.33. The maximum atomic E-state index is 11.6. The van der Waals surface area contributed by atoms with Crippen molar-refractivity contribution in [2.45, 2.75) is 0 Å². The fourth-order valence-corrected chi connectivity index (χ4v) is 1.82. The van der Waals surface area contributed by atoms with Crippen molar-refractivity contribution in [3.8, 4) is 5.75 Å². The summed E-state index contributed by atoms with van der Waals surface area (Å²) >= 11 is 0. The second-order valence-electron chi connectivity index (χ2n) is 3.62. The summed E-state index contributed by atoms with van der Waals surface area (Å²) in [5, 5.41) is 0. The molecule has 0 bridgehead atoms. The lowest BCUT2D eigenvalue weighted by atomic mass is 10.0. The quantitative estimate of drug-likeness (QED) is 0.593. The van der Waals surface area contributed by atoms with Crippen LogP contribution in [-0.4, -0.2) is 32.8 Å². The molecule has 1 heterocycles. The topological polar surface area (TPSA) is 61.8 Å². The number of carbonyl (C=O) groups excluding carboxylic acids is 2. The molecule has 1 aliphatic rings. The molecule has 0 fully saturated rings. The Morgan fingerprint density at radius 2 is 2.00 bits per heavy atom. The lowest BCUT2D eigenvalue weighted by Crippen LogP contribution is -2.12. The van der Waals surface area contributed by atoms with Crippen LogP contribution in [0.5, 0.6) is 5.75 Å². The monoisotopic (exact) mass is 248 g/mol. The van der Waals surface area contributed by atoms with Crippen LogP contribution in [0.4, 0.5) is 0 Å². The first-order valence-electron chi connectivity index (χ1n) is 5.31. The Balaban J connectivity index is 2.57. The number of methoxy groups -OCH3 is 2. The van der Waals surface area contributed by atoms with Gasteiger partial charge in [0.1, 0.15) is 12.4 Å². The summed E-state index contributed by atoms with van der Waals surface area (Å²) in [5.41, 5.74) is 1.08. The van der Waals surface area contributed by atoms with E-state index in [1.807, 2.05) is 0 Å². The Kier molecular flexibility index (Phi) is 3.32. The van der Waals surface area contributed by atoms with Crippen LogP contribution in [0, 0.1) is 0 Å². The molecule has 0 aromatic heterocycles. The smallest absolute Gasteiger partial charge is 0.346 e. The van der Waals surface area contributed by atoms with Crippen molar-refractivity contribution in [3.05, 3.63) is 35.4 Å². The van der Waals surface area contributed by atoms with Crippen LogP contribution >= 0.6 is 0 Å². The van der Waals surface area contributed by atoms with Gasteiger partial charge in [-0.15, -0.1) is 0 Å². The fraction of sp³-hybridized carbons (Fsp3) is 0.231. The molecule has 1 aromatic carbocycles. The molecular formula is C13H12O5. The average Bonchev–Trinajstić information content (AvgIpc) is 2.79. The average molecular weight is 248 g/mol. The Bertz CT molecular complexity index is 530. The minimum absolute atomic E-state index is 0.0453. The fourth-order valence-electron chi connectivity index (χ4n) is 1.82. The van der Waals surface area contributed by atoms with Gasteiger partial charge >= 0.3 is 11.9 Å². The van der Waals surface area contributed by atoms with Crippen LogP contribution in [0.2, 0.25) is 0 Å². The van der Waals surface area contributed by atoms with E-state index >= 15 is 0 Å². The summed E-state index contributed by atoms with van der Waals surface area (Å²) in [5.74, 6) is -0.784. The van der Waals surface area contributed by atoms with Gasteiger partial charge in [0, 0.05) is 11.1 Å². The van der Waals surface area contributed by atoms with Gasteiger partial charge in [-0.05, 0) is 6.07 Å². The van der Waals surface area contributed by atoms with Crippen LogP contribution in [0.25, 0.3) is 5.57 Å². The first kappa shape index (κ1) is 12.2. The lowest BCUT2D eigenvalue weighted by molar-refractivity contribution is -0.143. The first-order valence-corrected chi connectivity index (χ1v) is 5.31. The number of carbonyl (C=O) groups is 2. The van der Waals surface area contributed by atoms with Gasteiger partial charge in [0.15, 0.2) is 5.57 Å². The molecule has 5 nitrogen and oxygen atoms in total. The summed E-state index contributed by atoms with van der Waals surface area (Å²) in [4.78, 5) is 23.1. The van der Waals surface area contributed by atoms with E-state index in [0.29, 0.717) is 16.9 Å². The molecule has 2 rings (SSSR count). The van der Waals surface area contributed by atoms with Gasteiger partial charge in [0.05, 0.1) is 14.2 Å². The Labute approximate surface area is 104 Å². The van der Waals surface area contributed by atoms with Crippen molar-refractivity contribution >= 4 is 17.5 Å². The molecule has 1 aliphatic heterocycles. The van der Waals surface area contributed by atoms with Crippen molar-refractivity contribution in [1.29, 1.82) is 0 Å². The van der Waals surface area contributed by atoms with Crippen LogP contribution in [0.15, 0.2) is 29.8 Å².